The summed E-state index contributed by atoms with van der Waals surface area (Å²) in [6.07, 6.45) is 3.38. The molecule has 0 aromatic heterocycles. The van der Waals surface area contributed by atoms with E-state index in [0.29, 0.717) is 35.7 Å². The van der Waals surface area contributed by atoms with E-state index in [-0.39, 0.29) is 17.0 Å². The summed E-state index contributed by atoms with van der Waals surface area (Å²) in [6.45, 7) is 0. The van der Waals surface area contributed by atoms with Crippen LogP contribution >= 0.6 is 23.2 Å². The first kappa shape index (κ1) is 21.1. The average molecular weight is 474 g/mol. The first-order valence-corrected chi connectivity index (χ1v) is 13.5. The van der Waals surface area contributed by atoms with Gasteiger partial charge in [-0.2, -0.15) is 4.31 Å². The Bertz CT molecular complexity index is 1110. The SMILES string of the molecule is CS(=O)(=O)C1CC2CCC(C1)N2S(=O)(=O)c1ccc(-c2cc(Cl)cc(Cl)c2)cc1. The standard InChI is InChI=1S/C20H21Cl2NO4S2/c1-28(24,25)20-11-17-4-5-18(12-20)23(17)29(26,27)19-6-2-13(3-7-19)14-8-15(21)10-16(22)9-14/h2-3,6-10,17-18,20H,4-5,11-12H2,1H3. The van der Waals surface area contributed by atoms with Crippen molar-refractivity contribution in [2.24, 2.45) is 0 Å². The molecular weight excluding hydrogens is 453 g/mol. The van der Waals surface area contributed by atoms with Crippen LogP contribution in [0.25, 0.3) is 11.1 Å². The lowest BCUT2D eigenvalue weighted by atomic mass is 10.1. The van der Waals surface area contributed by atoms with Crippen LogP contribution in [0.2, 0.25) is 10.0 Å². The zero-order valence-electron chi connectivity index (χ0n) is 15.8. The van der Waals surface area contributed by atoms with E-state index in [1.165, 1.54) is 6.26 Å². The molecule has 9 heteroatoms. The average Bonchev–Trinajstić information content (AvgIpc) is 2.91. The molecule has 2 aliphatic rings. The fourth-order valence-corrected chi connectivity index (χ4v) is 8.05. The number of sulfonamides is 1. The Kier molecular flexibility index (Phi) is 5.49. The number of rotatable bonds is 4. The minimum Gasteiger partial charge on any atom is -0.229 e. The van der Waals surface area contributed by atoms with E-state index in [2.05, 4.69) is 0 Å². The van der Waals surface area contributed by atoms with Crippen LogP contribution in [0.5, 0.6) is 0 Å². The van der Waals surface area contributed by atoms with E-state index in [1.807, 2.05) is 0 Å². The molecule has 2 saturated heterocycles. The summed E-state index contributed by atoms with van der Waals surface area (Å²) in [6, 6.07) is 11.3. The van der Waals surface area contributed by atoms with Gasteiger partial charge in [-0.3, -0.25) is 0 Å². The fraction of sp³-hybridized carbons (Fsp3) is 0.400. The van der Waals surface area contributed by atoms with Gasteiger partial charge in [-0.1, -0.05) is 35.3 Å². The van der Waals surface area contributed by atoms with Crippen molar-refractivity contribution in [3.8, 4) is 11.1 Å². The monoisotopic (exact) mass is 473 g/mol. The zero-order valence-corrected chi connectivity index (χ0v) is 18.9. The third-order valence-electron chi connectivity index (χ3n) is 5.85. The molecule has 29 heavy (non-hydrogen) atoms. The molecule has 2 aliphatic heterocycles. The molecule has 2 heterocycles. The molecule has 0 radical (unpaired) electrons. The molecular formula is C20H21Cl2NO4S2. The highest BCUT2D eigenvalue weighted by Gasteiger charge is 2.49. The van der Waals surface area contributed by atoms with E-state index in [0.717, 1.165) is 11.1 Å². The molecule has 2 bridgehead atoms. The van der Waals surface area contributed by atoms with Crippen LogP contribution in [-0.2, 0) is 19.9 Å². The third kappa shape index (κ3) is 4.08. The van der Waals surface area contributed by atoms with E-state index < -0.39 is 25.1 Å². The van der Waals surface area contributed by atoms with Crippen molar-refractivity contribution in [3.05, 3.63) is 52.5 Å². The van der Waals surface area contributed by atoms with Crippen LogP contribution in [0.4, 0.5) is 0 Å². The zero-order chi connectivity index (χ0) is 21.0. The van der Waals surface area contributed by atoms with Gasteiger partial charge in [0.2, 0.25) is 10.0 Å². The smallest absolute Gasteiger partial charge is 0.229 e. The molecule has 2 atom stereocenters. The van der Waals surface area contributed by atoms with Gasteiger partial charge in [0.1, 0.15) is 9.84 Å². The summed E-state index contributed by atoms with van der Waals surface area (Å²) in [5, 5.41) is 0.561. The van der Waals surface area contributed by atoms with Crippen LogP contribution in [0, 0.1) is 0 Å². The molecule has 5 nitrogen and oxygen atoms in total. The molecule has 2 fully saturated rings. The highest BCUT2D eigenvalue weighted by molar-refractivity contribution is 7.91. The summed E-state index contributed by atoms with van der Waals surface area (Å²) in [4.78, 5) is 0.212. The highest BCUT2D eigenvalue weighted by atomic mass is 35.5. The maximum atomic E-state index is 13.3. The number of hydrogen-bond acceptors (Lipinski definition) is 4. The normalized spacial score (nSPS) is 25.3. The minimum atomic E-state index is -3.70. The van der Waals surface area contributed by atoms with Gasteiger partial charge < -0.3 is 0 Å². The minimum absolute atomic E-state index is 0.212. The predicted octanol–water partition coefficient (Wildman–Crippen LogP) is 4.39. The summed E-state index contributed by atoms with van der Waals surface area (Å²) >= 11 is 12.1. The Hall–Kier alpha value is -1.12. The number of benzene rings is 2. The van der Waals surface area contributed by atoms with E-state index in [9.17, 15) is 16.8 Å². The molecule has 2 aromatic carbocycles. The summed E-state index contributed by atoms with van der Waals surface area (Å²) < 4.78 is 52.1. The van der Waals surface area contributed by atoms with Gasteiger partial charge >= 0.3 is 0 Å². The molecule has 0 aliphatic carbocycles. The molecule has 0 N–H and O–H groups in total. The number of sulfone groups is 1. The Morgan fingerprint density at radius 1 is 0.828 bits per heavy atom. The second-order valence-electron chi connectivity index (χ2n) is 7.83. The third-order valence-corrected chi connectivity index (χ3v) is 9.91. The van der Waals surface area contributed by atoms with Crippen LogP contribution in [0.3, 0.4) is 0 Å². The van der Waals surface area contributed by atoms with Crippen molar-refractivity contribution >= 4 is 43.1 Å². The summed E-state index contributed by atoms with van der Waals surface area (Å²) in [5.74, 6) is 0. The number of hydrogen-bond donors (Lipinski definition) is 0. The van der Waals surface area contributed by atoms with Crippen molar-refractivity contribution < 1.29 is 16.8 Å². The first-order chi connectivity index (χ1) is 13.6. The van der Waals surface area contributed by atoms with Gasteiger partial charge in [0.15, 0.2) is 0 Å². The van der Waals surface area contributed by atoms with Gasteiger partial charge in [0.25, 0.3) is 0 Å². The highest BCUT2D eigenvalue weighted by Crippen LogP contribution is 2.41. The lowest BCUT2D eigenvalue weighted by Gasteiger charge is -2.37. The predicted molar refractivity (Wildman–Crippen MR) is 116 cm³/mol. The van der Waals surface area contributed by atoms with Gasteiger partial charge in [-0.05, 0) is 67.1 Å². The first-order valence-electron chi connectivity index (χ1n) is 9.34. The quantitative estimate of drug-likeness (QED) is 0.659. The maximum absolute atomic E-state index is 13.3. The molecule has 0 amide bonds. The van der Waals surface area contributed by atoms with Crippen LogP contribution in [-0.4, -0.2) is 44.7 Å². The molecule has 156 valence electrons. The molecule has 2 aromatic rings. The maximum Gasteiger partial charge on any atom is 0.243 e. The van der Waals surface area contributed by atoms with Gasteiger partial charge in [0, 0.05) is 28.4 Å². The van der Waals surface area contributed by atoms with Crippen molar-refractivity contribution in [1.29, 1.82) is 0 Å². The molecule has 0 spiro atoms. The second kappa shape index (κ2) is 7.54. The van der Waals surface area contributed by atoms with E-state index in [1.54, 1.807) is 46.8 Å². The van der Waals surface area contributed by atoms with Crippen LogP contribution in [0.1, 0.15) is 25.7 Å². The number of nitrogens with zero attached hydrogens (tertiary/aromatic N) is 1. The molecule has 0 saturated carbocycles. The summed E-state index contributed by atoms with van der Waals surface area (Å²) in [7, 11) is -6.87. The van der Waals surface area contributed by atoms with Crippen LogP contribution in [0.15, 0.2) is 47.4 Å². The Morgan fingerprint density at radius 3 is 1.83 bits per heavy atom. The Morgan fingerprint density at radius 2 is 1.34 bits per heavy atom. The molecule has 4 rings (SSSR count). The largest absolute Gasteiger partial charge is 0.243 e. The molecule has 2 unspecified atom stereocenters. The Balaban J connectivity index is 1.62. The topological polar surface area (TPSA) is 71.5 Å². The van der Waals surface area contributed by atoms with E-state index in [4.69, 9.17) is 23.2 Å². The van der Waals surface area contributed by atoms with Gasteiger partial charge in [0.05, 0.1) is 10.1 Å². The lowest BCUT2D eigenvalue weighted by molar-refractivity contribution is 0.249. The number of fused-ring (bicyclic) bond motifs is 2. The fourth-order valence-electron chi connectivity index (χ4n) is 4.49. The Labute approximate surface area is 181 Å². The summed E-state index contributed by atoms with van der Waals surface area (Å²) in [5.41, 5.74) is 1.62. The van der Waals surface area contributed by atoms with Gasteiger partial charge in [-0.25, -0.2) is 16.8 Å². The lowest BCUT2D eigenvalue weighted by Crippen LogP contribution is -2.49. The van der Waals surface area contributed by atoms with Gasteiger partial charge in [-0.15, -0.1) is 0 Å². The van der Waals surface area contributed by atoms with E-state index >= 15 is 0 Å². The van der Waals surface area contributed by atoms with Crippen molar-refractivity contribution in [3.63, 3.8) is 0 Å². The number of halogens is 2. The van der Waals surface area contributed by atoms with Crippen molar-refractivity contribution in [2.45, 2.75) is 47.9 Å². The van der Waals surface area contributed by atoms with Crippen molar-refractivity contribution in [2.75, 3.05) is 6.26 Å². The van der Waals surface area contributed by atoms with Crippen molar-refractivity contribution in [1.82, 2.24) is 4.31 Å². The second-order valence-corrected chi connectivity index (χ2v) is 12.9. The van der Waals surface area contributed by atoms with Crippen LogP contribution < -0.4 is 0 Å². The number of piperidine rings is 1.